The highest BCUT2D eigenvalue weighted by atomic mass is 16.5. The Bertz CT molecular complexity index is 3260. The standard InChI is InChI=1S/C46H51N15O8/c1-47-36-19-35(51-39-28(20-48-61(36)39)40(63)50-29-7-10-34(29)68-3)49-30-5-4-14-57(42(30)65)37-18-27-21-58(45(12-13-45)22-59(27)53-37)44(67)56-24-46(25-56)23-55(15-16-69-46)26-6-8-31-33(17-26)54(2)43(66)60(31)32-9-11-38(62)52-41(32)64/h4-6,8,14,17-20,29,32,34,47H,7,9-13,15-16,21-25H2,1-3H3,(H,49,51)(H,50,63)(H,52,62,64)/t29-,32?,34-/m1/s1. The first-order valence-corrected chi connectivity index (χ1v) is 23.3. The maximum Gasteiger partial charge on any atom is 0.329 e. The van der Waals surface area contributed by atoms with Gasteiger partial charge in [-0.2, -0.15) is 14.7 Å². The van der Waals surface area contributed by atoms with Crippen LogP contribution >= 0.6 is 0 Å². The summed E-state index contributed by atoms with van der Waals surface area (Å²) in [5.74, 6) is 0.182. The van der Waals surface area contributed by atoms with Gasteiger partial charge >= 0.3 is 11.7 Å². The first-order chi connectivity index (χ1) is 33.3. The molecule has 2 saturated carbocycles. The number of urea groups is 1. The molecule has 6 aromatic rings. The van der Waals surface area contributed by atoms with Crippen molar-refractivity contribution < 1.29 is 28.7 Å². The highest BCUT2D eigenvalue weighted by Crippen LogP contribution is 2.48. The van der Waals surface area contributed by atoms with E-state index in [0.717, 1.165) is 37.1 Å². The first kappa shape index (κ1) is 42.8. The highest BCUT2D eigenvalue weighted by molar-refractivity contribution is 6.01. The number of carbonyl (C=O) groups excluding carboxylic acids is 4. The number of amides is 5. The summed E-state index contributed by atoms with van der Waals surface area (Å²) in [6.07, 6.45) is 6.90. The van der Waals surface area contributed by atoms with E-state index in [1.165, 1.54) is 24.4 Å². The molecular weight excluding hydrogens is 891 g/mol. The monoisotopic (exact) mass is 941 g/mol. The minimum Gasteiger partial charge on any atom is -0.379 e. The van der Waals surface area contributed by atoms with Crippen LogP contribution in [-0.2, 0) is 39.2 Å². The number of imide groups is 1. The molecule has 12 rings (SSSR count). The Balaban J connectivity index is 0.732. The first-order valence-electron chi connectivity index (χ1n) is 23.3. The van der Waals surface area contributed by atoms with Gasteiger partial charge in [0.25, 0.3) is 11.5 Å². The molecule has 0 bridgehead atoms. The topological polar surface area (TPSA) is 242 Å². The summed E-state index contributed by atoms with van der Waals surface area (Å²) in [5, 5.41) is 20.9. The maximum absolute atomic E-state index is 14.4. The normalized spacial score (nSPS) is 22.4. The van der Waals surface area contributed by atoms with Gasteiger partial charge in [0.1, 0.15) is 34.5 Å². The molecule has 358 valence electrons. The molecule has 2 spiro atoms. The second-order valence-corrected chi connectivity index (χ2v) is 19.1. The number of pyridine rings is 1. The van der Waals surface area contributed by atoms with Gasteiger partial charge in [0, 0.05) is 58.2 Å². The van der Waals surface area contributed by atoms with Crippen molar-refractivity contribution in [1.29, 1.82) is 0 Å². The number of rotatable bonds is 9. The summed E-state index contributed by atoms with van der Waals surface area (Å²) in [6, 6.07) is 11.8. The summed E-state index contributed by atoms with van der Waals surface area (Å²) >= 11 is 0. The second-order valence-electron chi connectivity index (χ2n) is 19.1. The lowest BCUT2D eigenvalue weighted by Gasteiger charge is -2.55. The Morgan fingerprint density at radius 3 is 2.58 bits per heavy atom. The van der Waals surface area contributed by atoms with Crippen molar-refractivity contribution in [3.63, 3.8) is 0 Å². The zero-order chi connectivity index (χ0) is 47.5. The van der Waals surface area contributed by atoms with Gasteiger partial charge in [-0.15, -0.1) is 0 Å². The van der Waals surface area contributed by atoms with Gasteiger partial charge in [0.05, 0.1) is 79.9 Å². The van der Waals surface area contributed by atoms with Crippen molar-refractivity contribution in [3.8, 4) is 5.82 Å². The largest absolute Gasteiger partial charge is 0.379 e. The van der Waals surface area contributed by atoms with Gasteiger partial charge < -0.3 is 40.1 Å². The number of nitrogens with zero attached hydrogens (tertiary/aromatic N) is 11. The Morgan fingerprint density at radius 2 is 1.83 bits per heavy atom. The minimum absolute atomic E-state index is 0.0371. The van der Waals surface area contributed by atoms with Crippen LogP contribution in [0.2, 0.25) is 0 Å². The zero-order valence-electron chi connectivity index (χ0n) is 38.3. The van der Waals surface area contributed by atoms with E-state index in [-0.39, 0.29) is 70.9 Å². The molecule has 1 unspecified atom stereocenters. The average molecular weight is 942 g/mol. The van der Waals surface area contributed by atoms with Crippen molar-refractivity contribution in [2.45, 2.75) is 80.9 Å². The fraction of sp³-hybridized carbons (Fsp3) is 0.457. The predicted molar refractivity (Wildman–Crippen MR) is 249 cm³/mol. The molecule has 23 nitrogen and oxygen atoms in total. The van der Waals surface area contributed by atoms with E-state index in [1.54, 1.807) is 45.6 Å². The van der Waals surface area contributed by atoms with Crippen molar-refractivity contribution in [2.24, 2.45) is 7.05 Å². The Labute approximate surface area is 392 Å². The van der Waals surface area contributed by atoms with Gasteiger partial charge in [-0.3, -0.25) is 42.9 Å². The van der Waals surface area contributed by atoms with Crippen molar-refractivity contribution in [2.75, 3.05) is 62.5 Å². The third-order valence-corrected chi connectivity index (χ3v) is 14.9. The molecule has 6 aliphatic rings. The van der Waals surface area contributed by atoms with Crippen LogP contribution < -0.4 is 37.4 Å². The molecule has 69 heavy (non-hydrogen) atoms. The molecule has 23 heteroatoms. The number of methoxy groups -OCH3 is 1. The number of ether oxygens (including phenoxy) is 2. The van der Waals surface area contributed by atoms with Crippen LogP contribution in [0.15, 0.2) is 64.4 Å². The van der Waals surface area contributed by atoms with Gasteiger partial charge in [-0.1, -0.05) is 0 Å². The Hall–Kier alpha value is -7.53. The molecular formula is C46H51N15O8. The minimum atomic E-state index is -0.765. The SMILES string of the molecule is CNc1cc(Nc2cccn(-c3cc4n(n3)CC3(CC3)N(C(=O)N3CC5(C3)CN(c3ccc6c(c3)n(C)c(=O)n6C3CCC(=O)NC3=O)CCO5)C4)c2=O)nc2c(C(=O)N[C@@H]3CC[C@H]3OC)cnn12. The number of aromatic nitrogens is 8. The molecule has 1 aromatic carbocycles. The number of nitrogens with one attached hydrogen (secondary N) is 4. The number of aryl methyl sites for hydroxylation is 1. The smallest absolute Gasteiger partial charge is 0.329 e. The second kappa shape index (κ2) is 15.8. The summed E-state index contributed by atoms with van der Waals surface area (Å²) in [6.45, 7) is 3.31. The van der Waals surface area contributed by atoms with Crippen LogP contribution in [0.5, 0.6) is 0 Å². The van der Waals surface area contributed by atoms with E-state index in [9.17, 15) is 28.8 Å². The van der Waals surface area contributed by atoms with Crippen molar-refractivity contribution in [1.82, 2.24) is 58.5 Å². The van der Waals surface area contributed by atoms with Crippen LogP contribution in [0.3, 0.4) is 0 Å². The number of morpholine rings is 1. The van der Waals surface area contributed by atoms with E-state index in [0.29, 0.717) is 80.0 Å². The molecule has 3 saturated heterocycles. The maximum atomic E-state index is 14.4. The molecule has 9 heterocycles. The van der Waals surface area contributed by atoms with Gasteiger partial charge in [-0.05, 0) is 62.4 Å². The van der Waals surface area contributed by atoms with Crippen LogP contribution in [0, 0.1) is 0 Å². The molecule has 0 radical (unpaired) electrons. The Kier molecular flexibility index (Phi) is 9.78. The van der Waals surface area contributed by atoms with Crippen LogP contribution in [-0.4, -0.2) is 142 Å². The lowest BCUT2D eigenvalue weighted by Crippen LogP contribution is -2.73. The van der Waals surface area contributed by atoms with Crippen LogP contribution in [0.1, 0.15) is 60.6 Å². The highest BCUT2D eigenvalue weighted by Gasteiger charge is 2.57. The van der Waals surface area contributed by atoms with E-state index < -0.39 is 17.6 Å². The van der Waals surface area contributed by atoms with Crippen LogP contribution in [0.25, 0.3) is 22.5 Å². The number of fused-ring (bicyclic) bond motifs is 3. The van der Waals surface area contributed by atoms with Gasteiger partial charge in [0.2, 0.25) is 11.8 Å². The molecule has 5 aromatic heterocycles. The summed E-state index contributed by atoms with van der Waals surface area (Å²) in [4.78, 5) is 90.5. The van der Waals surface area contributed by atoms with Crippen LogP contribution in [0.4, 0.5) is 27.8 Å². The third-order valence-electron chi connectivity index (χ3n) is 14.9. The lowest BCUT2D eigenvalue weighted by atomic mass is 9.89. The number of imidazole rings is 1. The van der Waals surface area contributed by atoms with Crippen molar-refractivity contribution in [3.05, 3.63) is 87.0 Å². The van der Waals surface area contributed by atoms with E-state index in [2.05, 4.69) is 31.3 Å². The molecule has 3 atom stereocenters. The fourth-order valence-electron chi connectivity index (χ4n) is 10.8. The lowest BCUT2D eigenvalue weighted by molar-refractivity contribution is -0.137. The predicted octanol–water partition coefficient (Wildman–Crippen LogP) is 1.46. The zero-order valence-corrected chi connectivity index (χ0v) is 38.3. The van der Waals surface area contributed by atoms with Gasteiger partial charge in [0.15, 0.2) is 11.5 Å². The van der Waals surface area contributed by atoms with E-state index in [4.69, 9.17) is 19.6 Å². The number of piperidine rings is 1. The van der Waals surface area contributed by atoms with E-state index >= 15 is 0 Å². The molecule has 5 fully saturated rings. The number of hydrogen-bond donors (Lipinski definition) is 4. The molecule has 5 amide bonds. The molecule has 4 aliphatic heterocycles. The summed E-state index contributed by atoms with van der Waals surface area (Å²) < 4.78 is 19.8. The summed E-state index contributed by atoms with van der Waals surface area (Å²) in [7, 11) is 5.05. The molecule has 2 aliphatic carbocycles. The number of carbonyl (C=O) groups is 4. The van der Waals surface area contributed by atoms with Gasteiger partial charge in [-0.25, -0.2) is 14.6 Å². The number of anilines is 4. The number of hydrogen-bond acceptors (Lipinski definition) is 14. The fourth-order valence-corrected chi connectivity index (χ4v) is 10.8. The molecule has 4 N–H and O–H groups in total. The summed E-state index contributed by atoms with van der Waals surface area (Å²) in [5.41, 5.74) is 2.23. The quantitative estimate of drug-likeness (QED) is 0.150. The van der Waals surface area contributed by atoms with Crippen molar-refractivity contribution >= 4 is 63.4 Å². The number of benzene rings is 1. The van der Waals surface area contributed by atoms with E-state index in [1.807, 2.05) is 38.7 Å². The third kappa shape index (κ3) is 6.95. The Morgan fingerprint density at radius 1 is 0.986 bits per heavy atom. The average Bonchev–Trinajstić information content (AvgIpc) is 3.63. The number of likely N-dealkylation sites (tertiary alicyclic amines) is 1.